The Bertz CT molecular complexity index is 616. The topological polar surface area (TPSA) is 101 Å². The van der Waals surface area contributed by atoms with Gasteiger partial charge >= 0.3 is 5.97 Å². The molecular weight excluding hydrogens is 302 g/mol. The van der Waals surface area contributed by atoms with Crippen LogP contribution in [-0.2, 0) is 14.6 Å². The minimum atomic E-state index is -3.31. The van der Waals surface area contributed by atoms with Crippen LogP contribution in [0.15, 0.2) is 15.7 Å². The number of nitrogens with one attached hydrogen (secondary N) is 1. The van der Waals surface area contributed by atoms with Gasteiger partial charge in [0.15, 0.2) is 9.84 Å². The Hall–Kier alpha value is -1.41. The predicted molar refractivity (Wildman–Crippen MR) is 75.8 cm³/mol. The number of carbonyl (C=O) groups excluding carboxylic acids is 1. The second-order valence-corrected chi connectivity index (χ2v) is 8.28. The molecule has 2 N–H and O–H groups in total. The normalized spacial score (nSPS) is 12.2. The first-order valence-corrected chi connectivity index (χ1v) is 8.61. The number of thiophene rings is 1. The molecule has 0 unspecified atom stereocenters. The van der Waals surface area contributed by atoms with Gasteiger partial charge < -0.3 is 10.4 Å². The third-order valence-corrected chi connectivity index (χ3v) is 5.59. The number of carbonyl (C=O) groups is 2. The highest BCUT2D eigenvalue weighted by Gasteiger charge is 2.26. The molecule has 0 spiro atoms. The number of sulfone groups is 1. The van der Waals surface area contributed by atoms with Crippen molar-refractivity contribution in [2.45, 2.75) is 24.5 Å². The molecular formula is C12H17NO5S2. The molecule has 0 fully saturated rings. The Morgan fingerprint density at radius 3 is 2.45 bits per heavy atom. The van der Waals surface area contributed by atoms with Gasteiger partial charge in [-0.15, -0.1) is 11.3 Å². The molecule has 20 heavy (non-hydrogen) atoms. The summed E-state index contributed by atoms with van der Waals surface area (Å²) in [4.78, 5) is 22.7. The van der Waals surface area contributed by atoms with Crippen LogP contribution in [0.5, 0.6) is 0 Å². The first-order chi connectivity index (χ1) is 9.04. The number of amides is 1. The summed E-state index contributed by atoms with van der Waals surface area (Å²) in [5, 5.41) is 13.0. The highest BCUT2D eigenvalue weighted by atomic mass is 32.2. The van der Waals surface area contributed by atoms with Crippen molar-refractivity contribution >= 4 is 33.1 Å². The van der Waals surface area contributed by atoms with Crippen LogP contribution < -0.4 is 5.32 Å². The predicted octanol–water partition coefficient (Wildman–Crippen LogP) is 1.38. The Balaban J connectivity index is 2.61. The summed E-state index contributed by atoms with van der Waals surface area (Å²) in [5.41, 5.74) is -0.650. The van der Waals surface area contributed by atoms with Gasteiger partial charge in [-0.2, -0.15) is 0 Å². The smallest absolute Gasteiger partial charge is 0.309 e. The third kappa shape index (κ3) is 4.31. The van der Waals surface area contributed by atoms with E-state index in [1.54, 1.807) is 13.8 Å². The lowest BCUT2D eigenvalue weighted by atomic mass is 9.90. The Labute approximate surface area is 121 Å². The summed E-state index contributed by atoms with van der Waals surface area (Å²) in [7, 11) is -3.31. The molecule has 6 nitrogen and oxygen atoms in total. The van der Waals surface area contributed by atoms with E-state index in [9.17, 15) is 18.0 Å². The van der Waals surface area contributed by atoms with Crippen LogP contribution in [0.1, 0.15) is 30.6 Å². The number of aliphatic carboxylic acids is 1. The minimum Gasteiger partial charge on any atom is -0.481 e. The molecule has 1 heterocycles. The zero-order valence-corrected chi connectivity index (χ0v) is 13.1. The minimum absolute atomic E-state index is 0.133. The van der Waals surface area contributed by atoms with Crippen LogP contribution in [-0.4, -0.2) is 38.2 Å². The van der Waals surface area contributed by atoms with Gasteiger partial charge in [0.05, 0.1) is 11.0 Å². The maximum atomic E-state index is 11.8. The highest BCUT2D eigenvalue weighted by Crippen LogP contribution is 2.21. The summed E-state index contributed by atoms with van der Waals surface area (Å²) < 4.78 is 22.7. The van der Waals surface area contributed by atoms with Crippen LogP contribution in [0.4, 0.5) is 0 Å². The molecule has 1 aromatic rings. The van der Waals surface area contributed by atoms with E-state index in [0.29, 0.717) is 0 Å². The van der Waals surface area contributed by atoms with Crippen molar-refractivity contribution < 1.29 is 23.1 Å². The zero-order valence-electron chi connectivity index (χ0n) is 11.5. The average Bonchev–Trinajstić information content (AvgIpc) is 2.77. The van der Waals surface area contributed by atoms with Crippen molar-refractivity contribution in [1.82, 2.24) is 5.32 Å². The summed E-state index contributed by atoms with van der Waals surface area (Å²) in [6, 6.07) is 1.32. The highest BCUT2D eigenvalue weighted by molar-refractivity contribution is 7.92. The largest absolute Gasteiger partial charge is 0.481 e. The monoisotopic (exact) mass is 319 g/mol. The van der Waals surface area contributed by atoms with E-state index in [1.807, 2.05) is 0 Å². The van der Waals surface area contributed by atoms with Crippen molar-refractivity contribution in [2.24, 2.45) is 5.41 Å². The van der Waals surface area contributed by atoms with Gasteiger partial charge in [-0.3, -0.25) is 9.59 Å². The van der Waals surface area contributed by atoms with E-state index in [2.05, 4.69) is 5.32 Å². The van der Waals surface area contributed by atoms with Gasteiger partial charge in [0.1, 0.15) is 4.21 Å². The van der Waals surface area contributed by atoms with Crippen LogP contribution in [0.3, 0.4) is 0 Å². The second kappa shape index (κ2) is 5.92. The van der Waals surface area contributed by atoms with E-state index in [4.69, 9.17) is 5.11 Å². The van der Waals surface area contributed by atoms with Gasteiger partial charge in [-0.1, -0.05) is 0 Å². The molecule has 1 rings (SSSR count). The van der Waals surface area contributed by atoms with Gasteiger partial charge in [-0.05, 0) is 26.3 Å². The van der Waals surface area contributed by atoms with E-state index in [1.165, 1.54) is 11.4 Å². The summed E-state index contributed by atoms with van der Waals surface area (Å²) in [6.07, 6.45) is 1.37. The molecule has 0 saturated heterocycles. The first-order valence-electron chi connectivity index (χ1n) is 5.84. The first kappa shape index (κ1) is 16.6. The zero-order chi connectivity index (χ0) is 15.6. The lowest BCUT2D eigenvalue weighted by Crippen LogP contribution is -2.31. The fourth-order valence-corrected chi connectivity index (χ4v) is 3.13. The van der Waals surface area contributed by atoms with Gasteiger partial charge in [0, 0.05) is 18.2 Å². The molecule has 0 aliphatic heterocycles. The Morgan fingerprint density at radius 1 is 1.40 bits per heavy atom. The summed E-state index contributed by atoms with van der Waals surface area (Å²) in [6.45, 7) is 3.36. The molecule has 0 bridgehead atoms. The van der Waals surface area contributed by atoms with Crippen LogP contribution >= 0.6 is 11.3 Å². The van der Waals surface area contributed by atoms with Crippen LogP contribution in [0, 0.1) is 5.41 Å². The average molecular weight is 319 g/mol. The van der Waals surface area contributed by atoms with Gasteiger partial charge in [-0.25, -0.2) is 8.42 Å². The molecule has 0 aliphatic rings. The molecule has 0 aromatic carbocycles. The van der Waals surface area contributed by atoms with E-state index in [-0.39, 0.29) is 22.7 Å². The van der Waals surface area contributed by atoms with Crippen molar-refractivity contribution in [1.29, 1.82) is 0 Å². The van der Waals surface area contributed by atoms with Crippen molar-refractivity contribution in [3.05, 3.63) is 17.0 Å². The Morgan fingerprint density at radius 2 is 2.00 bits per heavy atom. The van der Waals surface area contributed by atoms with Gasteiger partial charge in [0.2, 0.25) is 0 Å². The van der Waals surface area contributed by atoms with E-state index in [0.717, 1.165) is 17.6 Å². The summed E-state index contributed by atoms with van der Waals surface area (Å²) >= 11 is 0.986. The molecule has 8 heteroatoms. The fraction of sp³-hybridized carbons (Fsp3) is 0.500. The quantitative estimate of drug-likeness (QED) is 0.825. The molecule has 0 aliphatic carbocycles. The number of hydrogen-bond acceptors (Lipinski definition) is 5. The lowest BCUT2D eigenvalue weighted by Gasteiger charge is -2.18. The maximum Gasteiger partial charge on any atom is 0.309 e. The van der Waals surface area contributed by atoms with Crippen molar-refractivity contribution in [3.63, 3.8) is 0 Å². The number of carboxylic acids is 1. The standard InChI is InChI=1S/C12H17NO5S2/c1-12(2,11(15)16)4-5-13-10(14)8-6-9(19-7-8)20(3,17)18/h6-7H,4-5H2,1-3H3,(H,13,14)(H,15,16). The van der Waals surface area contributed by atoms with Gasteiger partial charge in [0.25, 0.3) is 5.91 Å². The fourth-order valence-electron chi connectivity index (χ4n) is 1.33. The van der Waals surface area contributed by atoms with Crippen molar-refractivity contribution in [3.8, 4) is 0 Å². The van der Waals surface area contributed by atoms with Crippen molar-refractivity contribution in [2.75, 3.05) is 12.8 Å². The molecule has 0 atom stereocenters. The lowest BCUT2D eigenvalue weighted by molar-refractivity contribution is -0.147. The molecule has 0 radical (unpaired) electrons. The molecule has 1 amide bonds. The van der Waals surface area contributed by atoms with Crippen LogP contribution in [0.25, 0.3) is 0 Å². The summed E-state index contributed by atoms with van der Waals surface area (Å²) in [5.74, 6) is -1.33. The molecule has 0 saturated carbocycles. The van der Waals surface area contributed by atoms with Crippen LogP contribution in [0.2, 0.25) is 0 Å². The number of rotatable bonds is 6. The molecule has 112 valence electrons. The Kier molecular flexibility index (Phi) is 4.93. The van der Waals surface area contributed by atoms with E-state index >= 15 is 0 Å². The molecule has 1 aromatic heterocycles. The number of hydrogen-bond donors (Lipinski definition) is 2. The second-order valence-electron chi connectivity index (χ2n) is 5.12. The maximum absolute atomic E-state index is 11.8. The number of carboxylic acid groups (broad SMARTS) is 1. The third-order valence-electron chi connectivity index (χ3n) is 2.82. The SMILES string of the molecule is CC(C)(CCNC(=O)c1csc(S(C)(=O)=O)c1)C(=O)O. The van der Waals surface area contributed by atoms with E-state index < -0.39 is 27.1 Å².